The van der Waals surface area contributed by atoms with Gasteiger partial charge in [-0.25, -0.2) is 8.42 Å². The van der Waals surface area contributed by atoms with Crippen molar-refractivity contribution in [3.05, 3.63) is 24.3 Å². The van der Waals surface area contributed by atoms with Gasteiger partial charge in [-0.15, -0.1) is 0 Å². The molecule has 1 rings (SSSR count). The topological polar surface area (TPSA) is 80.7 Å². The van der Waals surface area contributed by atoms with Crippen molar-refractivity contribution in [2.75, 3.05) is 7.11 Å². The Balaban J connectivity index is 3.47. The van der Waals surface area contributed by atoms with E-state index in [1.807, 2.05) is 0 Å². The smallest absolute Gasteiger partial charge is 0.325 e. The minimum absolute atomic E-state index is 0.0123. The van der Waals surface area contributed by atoms with Crippen LogP contribution in [0.15, 0.2) is 29.2 Å². The second kappa shape index (κ2) is 5.61. The van der Waals surface area contributed by atoms with Crippen molar-refractivity contribution in [2.24, 2.45) is 0 Å². The van der Waals surface area contributed by atoms with Gasteiger partial charge in [0.2, 0.25) is 0 Å². The van der Waals surface area contributed by atoms with Crippen molar-refractivity contribution < 1.29 is 23.1 Å². The fourth-order valence-corrected chi connectivity index (χ4v) is 4.01. The molecule has 0 bridgehead atoms. The number of rotatable bonds is 6. The number of methoxy groups -OCH3 is 1. The molecular weight excluding hydrogens is 268 g/mol. The van der Waals surface area contributed by atoms with Gasteiger partial charge in [-0.3, -0.25) is 4.79 Å². The second-order valence-electron chi connectivity index (χ2n) is 4.19. The van der Waals surface area contributed by atoms with E-state index in [1.54, 1.807) is 19.9 Å². The summed E-state index contributed by atoms with van der Waals surface area (Å²) >= 11 is 0. The Hall–Kier alpha value is -1.56. The third kappa shape index (κ3) is 2.45. The standard InChI is InChI=1S/C13H18O5S/c1-4-13(5-2,12(14)15)19(16,17)11-8-6-7-10(9-11)18-3/h6-9H,4-5H2,1-3H3,(H,14,15). The number of aliphatic carboxylic acids is 1. The number of hydrogen-bond donors (Lipinski definition) is 1. The van der Waals surface area contributed by atoms with Crippen LogP contribution >= 0.6 is 0 Å². The third-order valence-electron chi connectivity index (χ3n) is 3.40. The maximum absolute atomic E-state index is 12.6. The fourth-order valence-electron chi connectivity index (χ4n) is 2.04. The first-order chi connectivity index (χ1) is 8.85. The molecule has 0 radical (unpaired) electrons. The van der Waals surface area contributed by atoms with Gasteiger partial charge in [0.05, 0.1) is 12.0 Å². The third-order valence-corrected chi connectivity index (χ3v) is 6.05. The Kier molecular flexibility index (Phi) is 4.57. The van der Waals surface area contributed by atoms with Gasteiger partial charge < -0.3 is 9.84 Å². The van der Waals surface area contributed by atoms with Crippen molar-refractivity contribution in [1.82, 2.24) is 0 Å². The van der Waals surface area contributed by atoms with Gasteiger partial charge in [-0.05, 0) is 31.0 Å². The lowest BCUT2D eigenvalue weighted by Gasteiger charge is -2.26. The van der Waals surface area contributed by atoms with Crippen molar-refractivity contribution >= 4 is 15.8 Å². The highest BCUT2D eigenvalue weighted by atomic mass is 32.2. The Morgan fingerprint density at radius 1 is 1.32 bits per heavy atom. The van der Waals surface area contributed by atoms with E-state index in [-0.39, 0.29) is 17.7 Å². The molecule has 0 aromatic heterocycles. The molecule has 0 saturated carbocycles. The van der Waals surface area contributed by atoms with E-state index in [4.69, 9.17) is 4.74 Å². The lowest BCUT2D eigenvalue weighted by Crippen LogP contribution is -2.45. The van der Waals surface area contributed by atoms with Crippen LogP contribution < -0.4 is 4.74 Å². The summed E-state index contributed by atoms with van der Waals surface area (Å²) in [6.07, 6.45) is 0.0246. The van der Waals surface area contributed by atoms with Gasteiger partial charge in [-0.2, -0.15) is 0 Å². The van der Waals surface area contributed by atoms with E-state index >= 15 is 0 Å². The molecule has 0 aliphatic carbocycles. The predicted octanol–water partition coefficient (Wildman–Crippen LogP) is 2.11. The molecule has 5 nitrogen and oxygen atoms in total. The number of carboxylic acids is 1. The SMILES string of the molecule is CCC(CC)(C(=O)O)S(=O)(=O)c1cccc(OC)c1. The first-order valence-electron chi connectivity index (χ1n) is 5.97. The molecule has 0 heterocycles. The molecule has 0 aliphatic heterocycles. The Labute approximate surface area is 113 Å². The average molecular weight is 286 g/mol. The lowest BCUT2D eigenvalue weighted by molar-refractivity contribution is -0.140. The van der Waals surface area contributed by atoms with Crippen LogP contribution in [0.1, 0.15) is 26.7 Å². The van der Waals surface area contributed by atoms with Crippen molar-refractivity contribution in [2.45, 2.75) is 36.3 Å². The fraction of sp³-hybridized carbons (Fsp3) is 0.462. The van der Waals surface area contributed by atoms with Crippen LogP contribution in [0.5, 0.6) is 5.75 Å². The predicted molar refractivity (Wildman–Crippen MR) is 71.1 cm³/mol. The maximum Gasteiger partial charge on any atom is 0.325 e. The van der Waals surface area contributed by atoms with E-state index in [0.717, 1.165) is 0 Å². The minimum atomic E-state index is -3.97. The summed E-state index contributed by atoms with van der Waals surface area (Å²) in [5.41, 5.74) is 0. The molecular formula is C13H18O5S. The molecule has 19 heavy (non-hydrogen) atoms. The summed E-state index contributed by atoms with van der Waals surface area (Å²) in [5.74, 6) is -0.937. The quantitative estimate of drug-likeness (QED) is 0.866. The molecule has 0 amide bonds. The molecule has 0 atom stereocenters. The van der Waals surface area contributed by atoms with Crippen LogP contribution in [0, 0.1) is 0 Å². The molecule has 0 spiro atoms. The molecule has 1 aromatic carbocycles. The largest absolute Gasteiger partial charge is 0.497 e. The van der Waals surface area contributed by atoms with Crippen LogP contribution in [-0.2, 0) is 14.6 Å². The van der Waals surface area contributed by atoms with Gasteiger partial charge in [0, 0.05) is 0 Å². The summed E-state index contributed by atoms with van der Waals surface area (Å²) in [4.78, 5) is 11.4. The van der Waals surface area contributed by atoms with Gasteiger partial charge in [0.25, 0.3) is 0 Å². The van der Waals surface area contributed by atoms with Gasteiger partial charge in [-0.1, -0.05) is 19.9 Å². The van der Waals surface area contributed by atoms with E-state index in [1.165, 1.54) is 25.3 Å². The highest BCUT2D eigenvalue weighted by Crippen LogP contribution is 2.33. The summed E-state index contributed by atoms with van der Waals surface area (Å²) in [5, 5.41) is 9.34. The maximum atomic E-state index is 12.6. The molecule has 1 N–H and O–H groups in total. The number of hydrogen-bond acceptors (Lipinski definition) is 4. The van der Waals surface area contributed by atoms with Crippen molar-refractivity contribution in [3.63, 3.8) is 0 Å². The van der Waals surface area contributed by atoms with E-state index in [2.05, 4.69) is 0 Å². The normalized spacial score (nSPS) is 12.2. The summed E-state index contributed by atoms with van der Waals surface area (Å²) in [6.45, 7) is 3.13. The van der Waals surface area contributed by atoms with E-state index in [9.17, 15) is 18.3 Å². The molecule has 1 aromatic rings. The Bertz CT molecular complexity index is 558. The molecule has 0 aliphatic rings. The second-order valence-corrected chi connectivity index (χ2v) is 6.45. The summed E-state index contributed by atoms with van der Waals surface area (Å²) in [6, 6.07) is 5.88. The van der Waals surface area contributed by atoms with Crippen LogP contribution in [-0.4, -0.2) is 31.4 Å². The van der Waals surface area contributed by atoms with Crippen molar-refractivity contribution in [1.29, 1.82) is 0 Å². The highest BCUT2D eigenvalue weighted by Gasteiger charge is 2.48. The first kappa shape index (κ1) is 15.5. The number of benzene rings is 1. The van der Waals surface area contributed by atoms with Crippen LogP contribution in [0.25, 0.3) is 0 Å². The molecule has 0 saturated heterocycles. The minimum Gasteiger partial charge on any atom is -0.497 e. The zero-order valence-electron chi connectivity index (χ0n) is 11.2. The van der Waals surface area contributed by atoms with Gasteiger partial charge in [0.15, 0.2) is 14.6 Å². The van der Waals surface area contributed by atoms with Crippen LogP contribution in [0.2, 0.25) is 0 Å². The molecule has 106 valence electrons. The average Bonchev–Trinajstić information content (AvgIpc) is 2.40. The number of carboxylic acid groups (broad SMARTS) is 1. The highest BCUT2D eigenvalue weighted by molar-refractivity contribution is 7.93. The molecule has 0 unspecified atom stereocenters. The zero-order chi connectivity index (χ0) is 14.7. The van der Waals surface area contributed by atoms with E-state index in [0.29, 0.717) is 5.75 Å². The summed E-state index contributed by atoms with van der Waals surface area (Å²) in [7, 11) is -2.55. The Morgan fingerprint density at radius 3 is 2.32 bits per heavy atom. The number of sulfone groups is 1. The van der Waals surface area contributed by atoms with Crippen molar-refractivity contribution in [3.8, 4) is 5.75 Å². The summed E-state index contributed by atoms with van der Waals surface area (Å²) < 4.78 is 28.4. The van der Waals surface area contributed by atoms with E-state index < -0.39 is 20.6 Å². The molecule has 0 fully saturated rings. The van der Waals surface area contributed by atoms with Crippen LogP contribution in [0.4, 0.5) is 0 Å². The lowest BCUT2D eigenvalue weighted by atomic mass is 10.0. The van der Waals surface area contributed by atoms with Crippen LogP contribution in [0.3, 0.4) is 0 Å². The zero-order valence-corrected chi connectivity index (χ0v) is 12.0. The van der Waals surface area contributed by atoms with Gasteiger partial charge >= 0.3 is 5.97 Å². The number of carbonyl (C=O) groups is 1. The molecule has 6 heteroatoms. The number of ether oxygens (including phenoxy) is 1. The van der Waals surface area contributed by atoms with Gasteiger partial charge in [0.1, 0.15) is 5.75 Å². The monoisotopic (exact) mass is 286 g/mol. The Morgan fingerprint density at radius 2 is 1.89 bits per heavy atom. The first-order valence-corrected chi connectivity index (χ1v) is 7.46.